The predicted molar refractivity (Wildman–Crippen MR) is 49.2 cm³/mol. The number of phenolic OH excluding ortho intramolecular Hbond substituents is 1. The van der Waals surface area contributed by atoms with E-state index in [-0.39, 0.29) is 5.56 Å². The maximum absolute atomic E-state index is 13.5. The van der Waals surface area contributed by atoms with Crippen molar-refractivity contribution in [1.82, 2.24) is 0 Å². The largest absolute Gasteiger partial charge is 0.504 e. The van der Waals surface area contributed by atoms with Gasteiger partial charge in [0, 0.05) is 5.56 Å². The zero-order valence-corrected chi connectivity index (χ0v) is 7.90. The van der Waals surface area contributed by atoms with E-state index in [4.69, 9.17) is 10.8 Å². The van der Waals surface area contributed by atoms with Gasteiger partial charge in [-0.05, 0) is 12.1 Å². The quantitative estimate of drug-likeness (QED) is 0.687. The Balaban J connectivity index is 3.27. The number of hydrogen-bond acceptors (Lipinski definition) is 4. The number of halogens is 1. The SMILES string of the molecule is COc1c(O)ccc(C(N)C(=O)O)c1F. The van der Waals surface area contributed by atoms with Gasteiger partial charge in [-0.2, -0.15) is 0 Å². The van der Waals surface area contributed by atoms with Gasteiger partial charge in [0.1, 0.15) is 6.04 Å². The van der Waals surface area contributed by atoms with Crippen LogP contribution in [0, 0.1) is 5.82 Å². The first kappa shape index (κ1) is 11.3. The lowest BCUT2D eigenvalue weighted by Gasteiger charge is -2.11. The lowest BCUT2D eigenvalue weighted by Crippen LogP contribution is -2.22. The van der Waals surface area contributed by atoms with Crippen LogP contribution in [0.4, 0.5) is 4.39 Å². The highest BCUT2D eigenvalue weighted by molar-refractivity contribution is 5.75. The van der Waals surface area contributed by atoms with Gasteiger partial charge >= 0.3 is 5.97 Å². The number of aliphatic carboxylic acids is 1. The number of methoxy groups -OCH3 is 1. The summed E-state index contributed by atoms with van der Waals surface area (Å²) in [7, 11) is 1.16. The number of carboxylic acid groups (broad SMARTS) is 1. The highest BCUT2D eigenvalue weighted by Gasteiger charge is 2.22. The molecule has 0 aliphatic carbocycles. The Morgan fingerprint density at radius 3 is 2.67 bits per heavy atom. The Morgan fingerprint density at radius 1 is 1.60 bits per heavy atom. The molecule has 0 saturated carbocycles. The molecule has 6 heteroatoms. The van der Waals surface area contributed by atoms with Crippen LogP contribution in [0.25, 0.3) is 0 Å². The molecule has 0 heterocycles. The van der Waals surface area contributed by atoms with Crippen LogP contribution in [0.15, 0.2) is 12.1 Å². The minimum Gasteiger partial charge on any atom is -0.504 e. The van der Waals surface area contributed by atoms with Gasteiger partial charge in [-0.1, -0.05) is 0 Å². The topological polar surface area (TPSA) is 92.8 Å². The molecule has 0 aliphatic rings. The number of carbonyl (C=O) groups is 1. The van der Waals surface area contributed by atoms with E-state index < -0.39 is 29.3 Å². The summed E-state index contributed by atoms with van der Waals surface area (Å²) in [6.07, 6.45) is 0. The molecule has 0 bridgehead atoms. The van der Waals surface area contributed by atoms with Crippen LogP contribution in [0.3, 0.4) is 0 Å². The van der Waals surface area contributed by atoms with Crippen LogP contribution in [0.1, 0.15) is 11.6 Å². The van der Waals surface area contributed by atoms with Crippen molar-refractivity contribution < 1.29 is 24.1 Å². The molecule has 0 amide bonds. The summed E-state index contributed by atoms with van der Waals surface area (Å²) < 4.78 is 18.1. The van der Waals surface area contributed by atoms with E-state index in [9.17, 15) is 14.3 Å². The Morgan fingerprint density at radius 2 is 2.20 bits per heavy atom. The molecular formula is C9H10FNO4. The number of rotatable bonds is 3. The molecule has 5 nitrogen and oxygen atoms in total. The van der Waals surface area contributed by atoms with Crippen LogP contribution in [-0.2, 0) is 4.79 Å². The van der Waals surface area contributed by atoms with Crippen LogP contribution in [0.2, 0.25) is 0 Å². The Hall–Kier alpha value is -1.82. The third-order valence-corrected chi connectivity index (χ3v) is 1.91. The lowest BCUT2D eigenvalue weighted by atomic mass is 10.1. The van der Waals surface area contributed by atoms with Crippen LogP contribution < -0.4 is 10.5 Å². The summed E-state index contributed by atoms with van der Waals surface area (Å²) in [5, 5.41) is 17.8. The van der Waals surface area contributed by atoms with Crippen molar-refractivity contribution >= 4 is 5.97 Å². The molecule has 1 aromatic carbocycles. The number of phenols is 1. The Kier molecular flexibility index (Phi) is 3.11. The van der Waals surface area contributed by atoms with Crippen LogP contribution in [-0.4, -0.2) is 23.3 Å². The second-order valence-electron chi connectivity index (χ2n) is 2.84. The summed E-state index contributed by atoms with van der Waals surface area (Å²) in [5.74, 6) is -3.14. The minimum absolute atomic E-state index is 0.239. The molecule has 1 atom stereocenters. The molecule has 0 radical (unpaired) electrons. The van der Waals surface area contributed by atoms with Crippen molar-refractivity contribution in [3.8, 4) is 11.5 Å². The fourth-order valence-electron chi connectivity index (χ4n) is 1.13. The highest BCUT2D eigenvalue weighted by Crippen LogP contribution is 2.32. The molecule has 0 fully saturated rings. The van der Waals surface area contributed by atoms with Gasteiger partial charge in [-0.15, -0.1) is 0 Å². The van der Waals surface area contributed by atoms with Crippen molar-refractivity contribution in [2.24, 2.45) is 5.73 Å². The molecule has 0 aromatic heterocycles. The first-order valence-electron chi connectivity index (χ1n) is 4.02. The second-order valence-corrected chi connectivity index (χ2v) is 2.84. The van der Waals surface area contributed by atoms with E-state index in [2.05, 4.69) is 4.74 Å². The Labute approximate surface area is 84.9 Å². The summed E-state index contributed by atoms with van der Waals surface area (Å²) in [6.45, 7) is 0. The molecule has 1 rings (SSSR count). The third kappa shape index (κ3) is 1.99. The first-order valence-corrected chi connectivity index (χ1v) is 4.02. The molecular weight excluding hydrogens is 205 g/mol. The zero-order valence-electron chi connectivity index (χ0n) is 7.90. The Bertz CT molecular complexity index is 394. The molecule has 1 aromatic rings. The zero-order chi connectivity index (χ0) is 11.6. The van der Waals surface area contributed by atoms with E-state index >= 15 is 0 Å². The smallest absolute Gasteiger partial charge is 0.325 e. The van der Waals surface area contributed by atoms with Crippen molar-refractivity contribution in [2.45, 2.75) is 6.04 Å². The fourth-order valence-corrected chi connectivity index (χ4v) is 1.13. The molecule has 1 unspecified atom stereocenters. The van der Waals surface area contributed by atoms with Crippen molar-refractivity contribution in [2.75, 3.05) is 7.11 Å². The standard InChI is InChI=1S/C9H10FNO4/c1-15-8-5(12)3-2-4(6(8)10)7(11)9(13)14/h2-3,7,12H,11H2,1H3,(H,13,14). The summed E-state index contributed by atoms with van der Waals surface area (Å²) >= 11 is 0. The van der Waals surface area contributed by atoms with Gasteiger partial charge in [0.25, 0.3) is 0 Å². The number of aromatic hydroxyl groups is 1. The molecule has 0 spiro atoms. The average molecular weight is 215 g/mol. The molecule has 82 valence electrons. The highest BCUT2D eigenvalue weighted by atomic mass is 19.1. The normalized spacial score (nSPS) is 12.2. The van der Waals surface area contributed by atoms with E-state index in [0.717, 1.165) is 19.2 Å². The fraction of sp³-hybridized carbons (Fsp3) is 0.222. The molecule has 4 N–H and O–H groups in total. The van der Waals surface area contributed by atoms with Crippen LogP contribution >= 0.6 is 0 Å². The van der Waals surface area contributed by atoms with E-state index in [1.54, 1.807) is 0 Å². The van der Waals surface area contributed by atoms with Gasteiger partial charge in [-0.25, -0.2) is 4.39 Å². The van der Waals surface area contributed by atoms with Gasteiger partial charge in [-0.3, -0.25) is 4.79 Å². The summed E-state index contributed by atoms with van der Waals surface area (Å²) in [4.78, 5) is 10.5. The lowest BCUT2D eigenvalue weighted by molar-refractivity contribution is -0.138. The maximum Gasteiger partial charge on any atom is 0.325 e. The van der Waals surface area contributed by atoms with Crippen molar-refractivity contribution in [3.63, 3.8) is 0 Å². The first-order chi connectivity index (χ1) is 6.99. The number of hydrogen-bond donors (Lipinski definition) is 3. The van der Waals surface area contributed by atoms with Crippen LogP contribution in [0.5, 0.6) is 11.5 Å². The van der Waals surface area contributed by atoms with E-state index in [1.165, 1.54) is 0 Å². The summed E-state index contributed by atoms with van der Waals surface area (Å²) in [6, 6.07) is 0.742. The van der Waals surface area contributed by atoms with Gasteiger partial charge in [0.05, 0.1) is 7.11 Å². The maximum atomic E-state index is 13.5. The third-order valence-electron chi connectivity index (χ3n) is 1.91. The monoisotopic (exact) mass is 215 g/mol. The average Bonchev–Trinajstić information content (AvgIpc) is 2.17. The molecule has 0 aliphatic heterocycles. The molecule has 15 heavy (non-hydrogen) atoms. The van der Waals surface area contributed by atoms with Gasteiger partial charge in [0.2, 0.25) is 0 Å². The van der Waals surface area contributed by atoms with Crippen molar-refractivity contribution in [3.05, 3.63) is 23.5 Å². The van der Waals surface area contributed by atoms with Crippen molar-refractivity contribution in [1.29, 1.82) is 0 Å². The number of carboxylic acids is 1. The number of ether oxygens (including phenoxy) is 1. The van der Waals surface area contributed by atoms with E-state index in [0.29, 0.717) is 0 Å². The number of benzene rings is 1. The minimum atomic E-state index is -1.49. The predicted octanol–water partition coefficient (Wildman–Crippen LogP) is 0.624. The van der Waals surface area contributed by atoms with Gasteiger partial charge in [0.15, 0.2) is 17.3 Å². The van der Waals surface area contributed by atoms with E-state index in [1.807, 2.05) is 0 Å². The second kappa shape index (κ2) is 4.14. The summed E-state index contributed by atoms with van der Waals surface area (Å²) in [5.41, 5.74) is 5.00. The van der Waals surface area contributed by atoms with Gasteiger partial charge < -0.3 is 20.7 Å². The molecule has 0 saturated heterocycles. The number of nitrogens with two attached hydrogens (primary N) is 1.